The lowest BCUT2D eigenvalue weighted by Gasteiger charge is -2.24. The maximum atomic E-state index is 13.2. The number of carbonyl (C=O) groups is 1. The van der Waals surface area contributed by atoms with Crippen LogP contribution in [0.3, 0.4) is 0 Å². The summed E-state index contributed by atoms with van der Waals surface area (Å²) in [6.45, 7) is 0. The van der Waals surface area contributed by atoms with E-state index in [1.807, 2.05) is 0 Å². The van der Waals surface area contributed by atoms with Gasteiger partial charge in [0.05, 0.1) is 10.4 Å². The number of anilines is 2. The number of nitrogens with one attached hydrogen (secondary N) is 2. The van der Waals surface area contributed by atoms with Gasteiger partial charge in [-0.05, 0) is 11.6 Å². The molecule has 4 nitrogen and oxygen atoms in total. The third-order valence-corrected chi connectivity index (χ3v) is 4.66. The fourth-order valence-corrected chi connectivity index (χ4v) is 3.53. The highest BCUT2D eigenvalue weighted by Gasteiger charge is 2.38. The topological polar surface area (TPSA) is 54.0 Å². The predicted octanol–water partition coefficient (Wildman–Crippen LogP) is 3.68. The van der Waals surface area contributed by atoms with Gasteiger partial charge in [0.1, 0.15) is 5.82 Å². The summed E-state index contributed by atoms with van der Waals surface area (Å²) in [6.07, 6.45) is -4.48. The number of benzene rings is 1. The van der Waals surface area contributed by atoms with E-state index in [9.17, 15) is 18.0 Å². The van der Waals surface area contributed by atoms with Crippen molar-refractivity contribution in [2.75, 3.05) is 17.7 Å². The number of alkyl halides is 3. The second-order valence-electron chi connectivity index (χ2n) is 4.87. The largest absolute Gasteiger partial charge is 0.416 e. The van der Waals surface area contributed by atoms with E-state index in [4.69, 9.17) is 0 Å². The fourth-order valence-electron chi connectivity index (χ4n) is 2.54. The van der Waals surface area contributed by atoms with E-state index in [1.54, 1.807) is 13.1 Å². The molecule has 8 heteroatoms. The molecule has 1 aromatic heterocycles. The molecule has 3 rings (SSSR count). The van der Waals surface area contributed by atoms with Crippen molar-refractivity contribution in [3.8, 4) is 0 Å². The zero-order valence-electron chi connectivity index (χ0n) is 11.5. The Balaban J connectivity index is 2.14. The Morgan fingerprint density at radius 3 is 2.77 bits per heavy atom. The number of amides is 1. The highest BCUT2D eigenvalue weighted by molar-refractivity contribution is 7.16. The number of thiazole rings is 1. The Morgan fingerprint density at radius 1 is 1.36 bits per heavy atom. The molecule has 1 amide bonds. The number of rotatable bonds is 2. The lowest BCUT2D eigenvalue weighted by atomic mass is 9.88. The minimum atomic E-state index is -4.46. The Kier molecular flexibility index (Phi) is 3.56. The standard InChI is InChI=1S/C14H12F3N3OS/c1-18-13-20-12-11(22-13)8(6-10(21)19-12)7-4-2-3-5-9(7)14(15,16)17/h2-5,8H,6H2,1H3,(H,18,20)(H,19,21)/t8-/m1/s1. The van der Waals surface area contributed by atoms with Gasteiger partial charge in [-0.3, -0.25) is 4.79 Å². The van der Waals surface area contributed by atoms with Crippen LogP contribution in [0.15, 0.2) is 24.3 Å². The van der Waals surface area contributed by atoms with Crippen molar-refractivity contribution in [3.05, 3.63) is 40.3 Å². The molecular formula is C14H12F3N3OS. The summed E-state index contributed by atoms with van der Waals surface area (Å²) in [6, 6.07) is 5.37. The van der Waals surface area contributed by atoms with E-state index in [0.717, 1.165) is 6.07 Å². The van der Waals surface area contributed by atoms with Crippen molar-refractivity contribution < 1.29 is 18.0 Å². The highest BCUT2D eigenvalue weighted by atomic mass is 32.1. The molecule has 1 aromatic carbocycles. The number of nitrogens with zero attached hydrogens (tertiary/aromatic N) is 1. The first-order valence-corrected chi connectivity index (χ1v) is 7.36. The highest BCUT2D eigenvalue weighted by Crippen LogP contribution is 2.45. The van der Waals surface area contributed by atoms with E-state index in [-0.39, 0.29) is 17.9 Å². The lowest BCUT2D eigenvalue weighted by Crippen LogP contribution is -2.24. The van der Waals surface area contributed by atoms with E-state index in [0.29, 0.717) is 15.8 Å². The number of fused-ring (bicyclic) bond motifs is 1. The molecule has 2 heterocycles. The monoisotopic (exact) mass is 327 g/mol. The summed E-state index contributed by atoms with van der Waals surface area (Å²) >= 11 is 1.26. The second kappa shape index (κ2) is 5.28. The van der Waals surface area contributed by atoms with Gasteiger partial charge in [-0.1, -0.05) is 29.5 Å². The minimum Gasteiger partial charge on any atom is -0.365 e. The van der Waals surface area contributed by atoms with Gasteiger partial charge in [-0.15, -0.1) is 0 Å². The molecule has 0 saturated carbocycles. The number of hydrogen-bond acceptors (Lipinski definition) is 4. The van der Waals surface area contributed by atoms with E-state index in [1.165, 1.54) is 23.5 Å². The van der Waals surface area contributed by atoms with Crippen molar-refractivity contribution in [2.24, 2.45) is 0 Å². The molecule has 1 aliphatic rings. The summed E-state index contributed by atoms with van der Waals surface area (Å²) in [5, 5.41) is 6.02. The van der Waals surface area contributed by atoms with Gasteiger partial charge in [-0.2, -0.15) is 13.2 Å². The van der Waals surface area contributed by atoms with Gasteiger partial charge < -0.3 is 10.6 Å². The van der Waals surface area contributed by atoms with Gasteiger partial charge in [-0.25, -0.2) is 4.98 Å². The van der Waals surface area contributed by atoms with Crippen LogP contribution in [0.4, 0.5) is 24.1 Å². The molecule has 0 aliphatic carbocycles. The zero-order chi connectivity index (χ0) is 15.9. The Labute approximate surface area is 128 Å². The third kappa shape index (κ3) is 2.54. The molecule has 0 radical (unpaired) electrons. The van der Waals surface area contributed by atoms with Gasteiger partial charge in [0, 0.05) is 19.4 Å². The normalized spacial score (nSPS) is 17.8. The van der Waals surface area contributed by atoms with Crippen LogP contribution in [0.5, 0.6) is 0 Å². The average Bonchev–Trinajstić information content (AvgIpc) is 2.88. The van der Waals surface area contributed by atoms with Crippen LogP contribution in [0.2, 0.25) is 0 Å². The summed E-state index contributed by atoms with van der Waals surface area (Å²) in [5.74, 6) is -0.629. The van der Waals surface area contributed by atoms with Crippen LogP contribution in [-0.2, 0) is 11.0 Å². The first kappa shape index (κ1) is 14.8. The quantitative estimate of drug-likeness (QED) is 0.885. The zero-order valence-corrected chi connectivity index (χ0v) is 12.3. The molecule has 22 heavy (non-hydrogen) atoms. The minimum absolute atomic E-state index is 0.0224. The number of aromatic nitrogens is 1. The molecule has 0 unspecified atom stereocenters. The fraction of sp³-hybridized carbons (Fsp3) is 0.286. The summed E-state index contributed by atoms with van der Waals surface area (Å²) in [7, 11) is 1.67. The van der Waals surface area contributed by atoms with Crippen molar-refractivity contribution in [1.82, 2.24) is 4.98 Å². The van der Waals surface area contributed by atoms with E-state index >= 15 is 0 Å². The first-order chi connectivity index (χ1) is 10.4. The van der Waals surface area contributed by atoms with Crippen LogP contribution in [0, 0.1) is 0 Å². The van der Waals surface area contributed by atoms with Crippen LogP contribution >= 0.6 is 11.3 Å². The smallest absolute Gasteiger partial charge is 0.365 e. The van der Waals surface area contributed by atoms with Crippen molar-refractivity contribution in [1.29, 1.82) is 0 Å². The van der Waals surface area contributed by atoms with Crippen molar-refractivity contribution in [2.45, 2.75) is 18.5 Å². The second-order valence-corrected chi connectivity index (χ2v) is 5.90. The molecule has 2 aromatic rings. The van der Waals surface area contributed by atoms with Crippen LogP contribution < -0.4 is 10.6 Å². The predicted molar refractivity (Wildman–Crippen MR) is 78.2 cm³/mol. The molecule has 2 N–H and O–H groups in total. The number of hydrogen-bond donors (Lipinski definition) is 2. The molecule has 1 aliphatic heterocycles. The Bertz CT molecular complexity index is 726. The SMILES string of the molecule is CNc1nc2c(s1)[C@@H](c1ccccc1C(F)(F)F)CC(=O)N2. The van der Waals surface area contributed by atoms with E-state index in [2.05, 4.69) is 15.6 Å². The van der Waals surface area contributed by atoms with Crippen LogP contribution in [0.25, 0.3) is 0 Å². The van der Waals surface area contributed by atoms with Crippen molar-refractivity contribution >= 4 is 28.2 Å². The summed E-state index contributed by atoms with van der Waals surface area (Å²) in [5.41, 5.74) is -0.600. The number of carbonyl (C=O) groups excluding carboxylic acids is 1. The summed E-state index contributed by atoms with van der Waals surface area (Å²) < 4.78 is 39.7. The Morgan fingerprint density at radius 2 is 2.09 bits per heavy atom. The molecule has 0 spiro atoms. The molecule has 0 saturated heterocycles. The molecular weight excluding hydrogens is 315 g/mol. The Hall–Kier alpha value is -2.09. The molecule has 0 fully saturated rings. The van der Waals surface area contributed by atoms with Crippen LogP contribution in [0.1, 0.15) is 28.3 Å². The van der Waals surface area contributed by atoms with Gasteiger partial charge in [0.2, 0.25) is 5.91 Å². The van der Waals surface area contributed by atoms with Gasteiger partial charge in [0.25, 0.3) is 0 Å². The maximum absolute atomic E-state index is 13.2. The first-order valence-electron chi connectivity index (χ1n) is 6.54. The van der Waals surface area contributed by atoms with Crippen LogP contribution in [-0.4, -0.2) is 17.9 Å². The lowest BCUT2D eigenvalue weighted by molar-refractivity contribution is -0.138. The number of halogens is 3. The molecule has 1 atom stereocenters. The van der Waals surface area contributed by atoms with Gasteiger partial charge in [0.15, 0.2) is 5.13 Å². The molecule has 0 bridgehead atoms. The maximum Gasteiger partial charge on any atom is 0.416 e. The molecule has 116 valence electrons. The summed E-state index contributed by atoms with van der Waals surface area (Å²) in [4.78, 5) is 16.6. The third-order valence-electron chi connectivity index (χ3n) is 3.47. The average molecular weight is 327 g/mol. The van der Waals surface area contributed by atoms with Crippen molar-refractivity contribution in [3.63, 3.8) is 0 Å². The van der Waals surface area contributed by atoms with E-state index < -0.39 is 17.7 Å². The van der Waals surface area contributed by atoms with Gasteiger partial charge >= 0.3 is 6.18 Å².